The summed E-state index contributed by atoms with van der Waals surface area (Å²) in [6.45, 7) is 12.5. The number of rotatable bonds is 6. The highest BCUT2D eigenvalue weighted by Crippen LogP contribution is 2.32. The lowest BCUT2D eigenvalue weighted by Crippen LogP contribution is -2.49. The number of piperazine rings is 1. The monoisotopic (exact) mass is 472 g/mol. The zero-order valence-electron chi connectivity index (χ0n) is 18.8. The van der Waals surface area contributed by atoms with Gasteiger partial charge in [-0.2, -0.15) is 0 Å². The lowest BCUT2D eigenvalue weighted by molar-refractivity contribution is 0.0656. The van der Waals surface area contributed by atoms with Crippen molar-refractivity contribution in [3.8, 4) is 5.75 Å². The molecule has 1 atom stereocenters. The molecule has 174 valence electrons. The van der Waals surface area contributed by atoms with Gasteiger partial charge in [-0.15, -0.1) is 24.8 Å². The summed E-state index contributed by atoms with van der Waals surface area (Å²) in [6.07, 6.45) is -0.566. The number of para-hydroxylation sites is 1. The smallest absolute Gasteiger partial charge is 0.146 e. The van der Waals surface area contributed by atoms with Gasteiger partial charge in [0.2, 0.25) is 0 Å². The lowest BCUT2D eigenvalue weighted by atomic mass is 9.85. The number of nitrogens with zero attached hydrogens (tertiary/aromatic N) is 2. The number of anilines is 1. The van der Waals surface area contributed by atoms with Crippen LogP contribution in [-0.2, 0) is 5.41 Å². The SMILES string of the molecule is Cc1ccc(OCC(O)CN2CCN(c3ccccc3F)CC2)c(C(C)(C)C)c1.Cl.Cl. The molecule has 0 radical (unpaired) electrons. The van der Waals surface area contributed by atoms with Gasteiger partial charge in [-0.1, -0.05) is 50.6 Å². The summed E-state index contributed by atoms with van der Waals surface area (Å²) < 4.78 is 20.0. The van der Waals surface area contributed by atoms with Crippen molar-refractivity contribution in [2.75, 3.05) is 44.2 Å². The molecule has 0 aliphatic carbocycles. The van der Waals surface area contributed by atoms with Crippen LogP contribution in [0.5, 0.6) is 5.75 Å². The fraction of sp³-hybridized carbons (Fsp3) is 0.500. The Morgan fingerprint density at radius 2 is 1.68 bits per heavy atom. The van der Waals surface area contributed by atoms with E-state index >= 15 is 0 Å². The zero-order valence-corrected chi connectivity index (χ0v) is 20.4. The summed E-state index contributed by atoms with van der Waals surface area (Å²) in [6, 6.07) is 13.1. The number of β-amino-alcohol motifs (C(OH)–C–C–N with tert-alkyl or cyclic N) is 1. The first-order valence-electron chi connectivity index (χ1n) is 10.4. The molecule has 2 aromatic rings. The second-order valence-corrected chi connectivity index (χ2v) is 8.95. The Hall–Kier alpha value is -1.53. The van der Waals surface area contributed by atoms with E-state index in [4.69, 9.17) is 4.74 Å². The number of benzene rings is 2. The van der Waals surface area contributed by atoms with Crippen molar-refractivity contribution in [1.29, 1.82) is 0 Å². The summed E-state index contributed by atoms with van der Waals surface area (Å²) in [5.41, 5.74) is 3.00. The van der Waals surface area contributed by atoms with E-state index in [0.717, 1.165) is 37.5 Å². The fourth-order valence-electron chi connectivity index (χ4n) is 3.77. The predicted octanol–water partition coefficient (Wildman–Crippen LogP) is 4.84. The van der Waals surface area contributed by atoms with Gasteiger partial charge < -0.3 is 14.7 Å². The molecule has 3 rings (SSSR count). The molecule has 0 bridgehead atoms. The number of aryl methyl sites for hydroxylation is 1. The molecule has 0 spiro atoms. The average Bonchev–Trinajstić information content (AvgIpc) is 2.67. The molecule has 31 heavy (non-hydrogen) atoms. The first-order valence-corrected chi connectivity index (χ1v) is 10.4. The van der Waals surface area contributed by atoms with Gasteiger partial charge in [0.1, 0.15) is 24.3 Å². The minimum absolute atomic E-state index is 0. The maximum absolute atomic E-state index is 14.0. The molecule has 1 N–H and O–H groups in total. The summed E-state index contributed by atoms with van der Waals surface area (Å²) in [5.74, 6) is 0.661. The van der Waals surface area contributed by atoms with Crippen molar-refractivity contribution in [1.82, 2.24) is 4.90 Å². The summed E-state index contributed by atoms with van der Waals surface area (Å²) in [7, 11) is 0. The topological polar surface area (TPSA) is 35.9 Å². The standard InChI is InChI=1S/C24H33FN2O2.2ClH/c1-18-9-10-23(20(15-18)24(2,3)4)29-17-19(28)16-26-11-13-27(14-12-26)22-8-6-5-7-21(22)25;;/h5-10,15,19,28H,11-14,16-17H2,1-4H3;2*1H. The molecule has 1 heterocycles. The van der Waals surface area contributed by atoms with Crippen molar-refractivity contribution >= 4 is 30.5 Å². The minimum atomic E-state index is -0.566. The Kier molecular flexibility index (Phi) is 10.6. The van der Waals surface area contributed by atoms with Crippen LogP contribution in [-0.4, -0.2) is 55.4 Å². The van der Waals surface area contributed by atoms with Crippen LogP contribution in [0.15, 0.2) is 42.5 Å². The normalized spacial score (nSPS) is 15.6. The number of aliphatic hydroxyl groups excluding tert-OH is 1. The van der Waals surface area contributed by atoms with Crippen LogP contribution in [0.25, 0.3) is 0 Å². The first-order chi connectivity index (χ1) is 13.7. The zero-order chi connectivity index (χ0) is 21.0. The highest BCUT2D eigenvalue weighted by molar-refractivity contribution is 5.85. The lowest BCUT2D eigenvalue weighted by Gasteiger charge is -2.37. The largest absolute Gasteiger partial charge is 0.491 e. The van der Waals surface area contributed by atoms with E-state index < -0.39 is 6.10 Å². The molecule has 4 nitrogen and oxygen atoms in total. The number of hydrogen-bond acceptors (Lipinski definition) is 4. The van der Waals surface area contributed by atoms with Crippen LogP contribution in [0, 0.1) is 12.7 Å². The minimum Gasteiger partial charge on any atom is -0.491 e. The van der Waals surface area contributed by atoms with Gasteiger partial charge in [-0.3, -0.25) is 4.90 Å². The molecule has 0 aromatic heterocycles. The van der Waals surface area contributed by atoms with E-state index in [1.54, 1.807) is 6.07 Å². The Morgan fingerprint density at radius 1 is 1.03 bits per heavy atom. The number of ether oxygens (including phenoxy) is 1. The van der Waals surface area contributed by atoms with Gasteiger partial charge in [-0.05, 0) is 36.1 Å². The van der Waals surface area contributed by atoms with Gasteiger partial charge in [0, 0.05) is 32.7 Å². The molecule has 1 aliphatic heterocycles. The Bertz CT molecular complexity index is 821. The van der Waals surface area contributed by atoms with Gasteiger partial charge in [0.25, 0.3) is 0 Å². The second kappa shape index (κ2) is 11.9. The molecule has 7 heteroatoms. The third kappa shape index (κ3) is 7.53. The van der Waals surface area contributed by atoms with Crippen molar-refractivity contribution in [2.24, 2.45) is 0 Å². The molecular formula is C24H35Cl2FN2O2. The highest BCUT2D eigenvalue weighted by atomic mass is 35.5. The molecule has 1 aliphatic rings. The fourth-order valence-corrected chi connectivity index (χ4v) is 3.77. The van der Waals surface area contributed by atoms with Gasteiger partial charge >= 0.3 is 0 Å². The number of hydrogen-bond donors (Lipinski definition) is 1. The van der Waals surface area contributed by atoms with Crippen molar-refractivity contribution in [3.05, 3.63) is 59.4 Å². The summed E-state index contributed by atoms with van der Waals surface area (Å²) in [5, 5.41) is 10.5. The molecule has 1 fully saturated rings. The van der Waals surface area contributed by atoms with Crippen molar-refractivity contribution < 1.29 is 14.2 Å². The van der Waals surface area contributed by atoms with Crippen LogP contribution in [0.4, 0.5) is 10.1 Å². The van der Waals surface area contributed by atoms with Gasteiger partial charge in [0.05, 0.1) is 5.69 Å². The second-order valence-electron chi connectivity index (χ2n) is 8.95. The quantitative estimate of drug-likeness (QED) is 0.652. The predicted molar refractivity (Wildman–Crippen MR) is 131 cm³/mol. The Labute approximate surface area is 198 Å². The molecule has 1 saturated heterocycles. The first kappa shape index (κ1) is 27.5. The van der Waals surface area contributed by atoms with Gasteiger partial charge in [0.15, 0.2) is 0 Å². The van der Waals surface area contributed by atoms with E-state index in [-0.39, 0.29) is 42.7 Å². The van der Waals surface area contributed by atoms with E-state index in [0.29, 0.717) is 12.2 Å². The number of halogens is 3. The van der Waals surface area contributed by atoms with Crippen LogP contribution in [0.2, 0.25) is 0 Å². The average molecular weight is 473 g/mol. The van der Waals surface area contributed by atoms with E-state index in [1.807, 2.05) is 24.3 Å². The summed E-state index contributed by atoms with van der Waals surface area (Å²) in [4.78, 5) is 4.28. The Balaban J connectivity index is 0.00000240. The molecule has 2 aromatic carbocycles. The maximum Gasteiger partial charge on any atom is 0.146 e. The van der Waals surface area contributed by atoms with E-state index in [2.05, 4.69) is 43.6 Å². The molecule has 0 saturated carbocycles. The molecule has 1 unspecified atom stereocenters. The van der Waals surface area contributed by atoms with Crippen LogP contribution < -0.4 is 9.64 Å². The van der Waals surface area contributed by atoms with Gasteiger partial charge in [-0.25, -0.2) is 4.39 Å². The van der Waals surface area contributed by atoms with Crippen LogP contribution in [0.3, 0.4) is 0 Å². The Morgan fingerprint density at radius 3 is 2.29 bits per heavy atom. The van der Waals surface area contributed by atoms with Crippen LogP contribution >= 0.6 is 24.8 Å². The van der Waals surface area contributed by atoms with E-state index in [9.17, 15) is 9.50 Å². The number of aliphatic hydroxyl groups is 1. The summed E-state index contributed by atoms with van der Waals surface area (Å²) >= 11 is 0. The van der Waals surface area contributed by atoms with Crippen LogP contribution in [0.1, 0.15) is 31.9 Å². The maximum atomic E-state index is 14.0. The molecular weight excluding hydrogens is 438 g/mol. The van der Waals surface area contributed by atoms with Crippen molar-refractivity contribution in [3.63, 3.8) is 0 Å². The third-order valence-electron chi connectivity index (χ3n) is 5.41. The molecule has 0 amide bonds. The third-order valence-corrected chi connectivity index (χ3v) is 5.41. The highest BCUT2D eigenvalue weighted by Gasteiger charge is 2.23. The van der Waals surface area contributed by atoms with Crippen molar-refractivity contribution in [2.45, 2.75) is 39.2 Å². The van der Waals surface area contributed by atoms with E-state index in [1.165, 1.54) is 11.6 Å².